The first kappa shape index (κ1) is 7.72. The first-order valence-corrected chi connectivity index (χ1v) is 3.43. The van der Waals surface area contributed by atoms with E-state index in [-0.39, 0.29) is 0 Å². The summed E-state index contributed by atoms with van der Waals surface area (Å²) in [7, 11) is 1.69. The zero-order chi connectivity index (χ0) is 8.10. The van der Waals surface area contributed by atoms with E-state index in [2.05, 4.69) is 9.98 Å². The molecular weight excluding hydrogens is 138 g/mol. The van der Waals surface area contributed by atoms with Crippen molar-refractivity contribution in [2.24, 2.45) is 10.7 Å². The van der Waals surface area contributed by atoms with Gasteiger partial charge >= 0.3 is 0 Å². The average molecular weight is 149 g/mol. The van der Waals surface area contributed by atoms with Crippen LogP contribution in [-0.2, 0) is 6.42 Å². The lowest BCUT2D eigenvalue weighted by molar-refractivity contribution is 1.19. The number of aromatic nitrogens is 1. The Balaban J connectivity index is 2.65. The van der Waals surface area contributed by atoms with Crippen LogP contribution in [0.3, 0.4) is 0 Å². The summed E-state index contributed by atoms with van der Waals surface area (Å²) in [5.41, 5.74) is 6.62. The van der Waals surface area contributed by atoms with E-state index in [4.69, 9.17) is 5.73 Å². The highest BCUT2D eigenvalue weighted by molar-refractivity contribution is 5.82. The van der Waals surface area contributed by atoms with Gasteiger partial charge in [-0.3, -0.25) is 9.98 Å². The van der Waals surface area contributed by atoms with E-state index in [9.17, 15) is 0 Å². The molecule has 1 aromatic heterocycles. The molecule has 0 saturated heterocycles. The summed E-state index contributed by atoms with van der Waals surface area (Å²) in [5.74, 6) is 0.637. The number of nitrogens with zero attached hydrogens (tertiary/aromatic N) is 2. The molecule has 0 aliphatic heterocycles. The van der Waals surface area contributed by atoms with Gasteiger partial charge < -0.3 is 5.73 Å². The molecule has 0 atom stereocenters. The van der Waals surface area contributed by atoms with E-state index >= 15 is 0 Å². The first-order chi connectivity index (χ1) is 5.33. The largest absolute Gasteiger partial charge is 0.387 e. The summed E-state index contributed by atoms with van der Waals surface area (Å²) in [4.78, 5) is 7.81. The normalized spacial score (nSPS) is 11.5. The van der Waals surface area contributed by atoms with E-state index in [1.165, 1.54) is 0 Å². The van der Waals surface area contributed by atoms with Crippen molar-refractivity contribution in [1.82, 2.24) is 4.98 Å². The van der Waals surface area contributed by atoms with Gasteiger partial charge in [0.15, 0.2) is 0 Å². The van der Waals surface area contributed by atoms with Crippen molar-refractivity contribution in [3.05, 3.63) is 30.1 Å². The third-order valence-electron chi connectivity index (χ3n) is 1.40. The van der Waals surface area contributed by atoms with Crippen molar-refractivity contribution >= 4 is 5.84 Å². The van der Waals surface area contributed by atoms with Crippen LogP contribution < -0.4 is 5.73 Å². The van der Waals surface area contributed by atoms with Crippen LogP contribution in [0.1, 0.15) is 5.56 Å². The fraction of sp³-hybridized carbons (Fsp3) is 0.250. The summed E-state index contributed by atoms with van der Waals surface area (Å²) in [6.07, 6.45) is 4.21. The third kappa shape index (κ3) is 2.37. The monoisotopic (exact) mass is 149 g/mol. The lowest BCUT2D eigenvalue weighted by Crippen LogP contribution is -2.14. The standard InChI is InChI=1S/C8H11N3/c1-10-8(9)5-7-3-2-4-11-6-7/h2-4,6H,5H2,1H3,(H2,9,10). The number of nitrogens with two attached hydrogens (primary N) is 1. The number of rotatable bonds is 2. The molecule has 0 amide bonds. The topological polar surface area (TPSA) is 51.3 Å². The summed E-state index contributed by atoms with van der Waals surface area (Å²) in [6, 6.07) is 3.86. The van der Waals surface area contributed by atoms with Crippen LogP contribution in [0.4, 0.5) is 0 Å². The van der Waals surface area contributed by atoms with Gasteiger partial charge in [0, 0.05) is 25.9 Å². The lowest BCUT2D eigenvalue weighted by Gasteiger charge is -1.97. The Hall–Kier alpha value is -1.38. The Morgan fingerprint density at radius 2 is 2.55 bits per heavy atom. The number of hydrogen-bond donors (Lipinski definition) is 1. The molecule has 1 heterocycles. The van der Waals surface area contributed by atoms with E-state index in [0.29, 0.717) is 12.3 Å². The van der Waals surface area contributed by atoms with Gasteiger partial charge in [0.05, 0.1) is 5.84 Å². The highest BCUT2D eigenvalue weighted by atomic mass is 14.8. The predicted octanol–water partition coefficient (Wildman–Crippen LogP) is 0.611. The van der Waals surface area contributed by atoms with Crippen LogP contribution in [0.5, 0.6) is 0 Å². The highest BCUT2D eigenvalue weighted by Crippen LogP contribution is 1.95. The molecule has 0 saturated carbocycles. The van der Waals surface area contributed by atoms with Crippen LogP contribution in [0.25, 0.3) is 0 Å². The van der Waals surface area contributed by atoms with Gasteiger partial charge in [-0.25, -0.2) is 0 Å². The Bertz CT molecular complexity index is 241. The molecule has 0 aromatic carbocycles. The van der Waals surface area contributed by atoms with Crippen LogP contribution in [0.2, 0.25) is 0 Å². The Kier molecular flexibility index (Phi) is 2.60. The maximum Gasteiger partial charge on any atom is 0.0978 e. The molecule has 0 fully saturated rings. The molecule has 3 heteroatoms. The van der Waals surface area contributed by atoms with E-state index in [1.54, 1.807) is 19.4 Å². The fourth-order valence-electron chi connectivity index (χ4n) is 0.791. The highest BCUT2D eigenvalue weighted by Gasteiger charge is 1.93. The maximum atomic E-state index is 5.53. The lowest BCUT2D eigenvalue weighted by atomic mass is 10.2. The summed E-state index contributed by atoms with van der Waals surface area (Å²) in [6.45, 7) is 0. The van der Waals surface area contributed by atoms with Crippen LogP contribution in [-0.4, -0.2) is 17.9 Å². The van der Waals surface area contributed by atoms with Crippen molar-refractivity contribution in [1.29, 1.82) is 0 Å². The third-order valence-corrected chi connectivity index (χ3v) is 1.40. The van der Waals surface area contributed by atoms with Crippen LogP contribution >= 0.6 is 0 Å². The van der Waals surface area contributed by atoms with Gasteiger partial charge in [0.25, 0.3) is 0 Å². The minimum absolute atomic E-state index is 0.637. The fourth-order valence-corrected chi connectivity index (χ4v) is 0.791. The number of aliphatic imine (C=N–C) groups is 1. The van der Waals surface area contributed by atoms with Gasteiger partial charge in [-0.1, -0.05) is 6.07 Å². The number of hydrogen-bond acceptors (Lipinski definition) is 2. The summed E-state index contributed by atoms with van der Waals surface area (Å²) in [5, 5.41) is 0. The second-order valence-corrected chi connectivity index (χ2v) is 2.25. The van der Waals surface area contributed by atoms with Crippen molar-refractivity contribution in [2.75, 3.05) is 7.05 Å². The molecule has 2 N–H and O–H groups in total. The summed E-state index contributed by atoms with van der Waals surface area (Å²) >= 11 is 0. The molecule has 1 rings (SSSR count). The zero-order valence-electron chi connectivity index (χ0n) is 6.49. The molecule has 0 spiro atoms. The minimum Gasteiger partial charge on any atom is -0.387 e. The average Bonchev–Trinajstić information content (AvgIpc) is 2.06. The second-order valence-electron chi connectivity index (χ2n) is 2.25. The van der Waals surface area contributed by atoms with Crippen molar-refractivity contribution in [3.63, 3.8) is 0 Å². The Morgan fingerprint density at radius 1 is 1.73 bits per heavy atom. The quantitative estimate of drug-likeness (QED) is 0.494. The van der Waals surface area contributed by atoms with Crippen LogP contribution in [0.15, 0.2) is 29.5 Å². The molecule has 0 unspecified atom stereocenters. The van der Waals surface area contributed by atoms with Gasteiger partial charge in [-0.15, -0.1) is 0 Å². The van der Waals surface area contributed by atoms with Gasteiger partial charge in [-0.2, -0.15) is 0 Å². The molecule has 3 nitrogen and oxygen atoms in total. The molecule has 1 aromatic rings. The molecule has 0 aliphatic carbocycles. The van der Waals surface area contributed by atoms with E-state index in [0.717, 1.165) is 5.56 Å². The van der Waals surface area contributed by atoms with Gasteiger partial charge in [-0.05, 0) is 11.6 Å². The molecule has 0 aliphatic rings. The van der Waals surface area contributed by atoms with Gasteiger partial charge in [0.1, 0.15) is 0 Å². The molecule has 0 bridgehead atoms. The Labute approximate surface area is 66.0 Å². The van der Waals surface area contributed by atoms with Crippen molar-refractivity contribution in [3.8, 4) is 0 Å². The van der Waals surface area contributed by atoms with Crippen molar-refractivity contribution < 1.29 is 0 Å². The molecule has 0 radical (unpaired) electrons. The molecule has 11 heavy (non-hydrogen) atoms. The van der Waals surface area contributed by atoms with Crippen molar-refractivity contribution in [2.45, 2.75) is 6.42 Å². The second kappa shape index (κ2) is 3.71. The SMILES string of the molecule is CN=C(N)Cc1cccnc1. The first-order valence-electron chi connectivity index (χ1n) is 3.43. The molecular formula is C8H11N3. The molecule has 58 valence electrons. The minimum atomic E-state index is 0.637. The summed E-state index contributed by atoms with van der Waals surface area (Å²) < 4.78 is 0. The smallest absolute Gasteiger partial charge is 0.0978 e. The van der Waals surface area contributed by atoms with E-state index < -0.39 is 0 Å². The Morgan fingerprint density at radius 3 is 3.09 bits per heavy atom. The number of amidine groups is 1. The van der Waals surface area contributed by atoms with Gasteiger partial charge in [0.2, 0.25) is 0 Å². The number of pyridine rings is 1. The maximum absolute atomic E-state index is 5.53. The zero-order valence-corrected chi connectivity index (χ0v) is 6.49. The predicted molar refractivity (Wildman–Crippen MR) is 45.5 cm³/mol. The van der Waals surface area contributed by atoms with E-state index in [1.807, 2.05) is 12.1 Å². The van der Waals surface area contributed by atoms with Crippen LogP contribution in [0, 0.1) is 0 Å².